The molecule has 1 aromatic carbocycles. The van der Waals surface area contributed by atoms with Gasteiger partial charge in [-0.15, -0.1) is 11.8 Å². The molecule has 0 spiro atoms. The molecule has 1 fully saturated rings. The van der Waals surface area contributed by atoms with Crippen LogP contribution in [0.3, 0.4) is 0 Å². The fourth-order valence-electron chi connectivity index (χ4n) is 1.22. The number of phenols is 1. The van der Waals surface area contributed by atoms with Crippen molar-refractivity contribution in [2.45, 2.75) is 23.8 Å². The van der Waals surface area contributed by atoms with E-state index in [1.54, 1.807) is 12.1 Å². The lowest BCUT2D eigenvalue weighted by Gasteiger charge is -2.04. The van der Waals surface area contributed by atoms with Gasteiger partial charge in [-0.3, -0.25) is 4.79 Å². The number of amides is 1. The molecule has 0 aliphatic heterocycles. The summed E-state index contributed by atoms with van der Waals surface area (Å²) in [5.41, 5.74) is 0. The van der Waals surface area contributed by atoms with E-state index >= 15 is 0 Å². The number of rotatable bonds is 4. The molecule has 1 saturated carbocycles. The molecule has 1 aromatic rings. The first-order valence-corrected chi connectivity index (χ1v) is 5.94. The van der Waals surface area contributed by atoms with Gasteiger partial charge in [-0.2, -0.15) is 0 Å². The van der Waals surface area contributed by atoms with Crippen molar-refractivity contribution in [1.82, 2.24) is 5.32 Å². The highest BCUT2D eigenvalue weighted by Gasteiger charge is 2.23. The zero-order valence-electron chi connectivity index (χ0n) is 8.27. The number of hydrogen-bond donors (Lipinski definition) is 2. The van der Waals surface area contributed by atoms with Gasteiger partial charge < -0.3 is 10.4 Å². The minimum absolute atomic E-state index is 0.0470. The Labute approximate surface area is 92.9 Å². The summed E-state index contributed by atoms with van der Waals surface area (Å²) in [6, 6.07) is 7.46. The molecule has 0 atom stereocenters. The summed E-state index contributed by atoms with van der Waals surface area (Å²) in [7, 11) is 0. The van der Waals surface area contributed by atoms with Crippen LogP contribution in [-0.2, 0) is 4.79 Å². The van der Waals surface area contributed by atoms with Gasteiger partial charge in [0.05, 0.1) is 5.75 Å². The molecule has 0 saturated heterocycles. The van der Waals surface area contributed by atoms with Crippen molar-refractivity contribution in [2.24, 2.45) is 0 Å². The van der Waals surface area contributed by atoms with E-state index in [0.29, 0.717) is 11.8 Å². The first-order valence-electron chi connectivity index (χ1n) is 4.96. The zero-order chi connectivity index (χ0) is 10.7. The van der Waals surface area contributed by atoms with Crippen LogP contribution in [0.15, 0.2) is 29.2 Å². The second kappa shape index (κ2) is 4.57. The maximum atomic E-state index is 11.4. The maximum absolute atomic E-state index is 11.4. The van der Waals surface area contributed by atoms with E-state index in [2.05, 4.69) is 5.32 Å². The monoisotopic (exact) mass is 223 g/mol. The zero-order valence-corrected chi connectivity index (χ0v) is 9.09. The van der Waals surface area contributed by atoms with E-state index < -0.39 is 0 Å². The quantitative estimate of drug-likeness (QED) is 0.765. The van der Waals surface area contributed by atoms with Crippen molar-refractivity contribution >= 4 is 17.7 Å². The fourth-order valence-corrected chi connectivity index (χ4v) is 1.98. The molecular formula is C11H13NO2S. The predicted molar refractivity (Wildman–Crippen MR) is 60.0 cm³/mol. The normalized spacial score (nSPS) is 14.9. The average molecular weight is 223 g/mol. The second-order valence-corrected chi connectivity index (χ2v) is 4.62. The van der Waals surface area contributed by atoms with Crippen molar-refractivity contribution in [1.29, 1.82) is 0 Å². The van der Waals surface area contributed by atoms with Crippen LogP contribution >= 0.6 is 11.8 Å². The molecule has 1 aliphatic rings. The molecule has 0 heterocycles. The number of carbonyl (C=O) groups excluding carboxylic acids is 1. The molecule has 0 aromatic heterocycles. The topological polar surface area (TPSA) is 49.3 Å². The van der Waals surface area contributed by atoms with Crippen LogP contribution in [0.2, 0.25) is 0 Å². The van der Waals surface area contributed by atoms with Gasteiger partial charge in [0.15, 0.2) is 0 Å². The van der Waals surface area contributed by atoms with Crippen molar-refractivity contribution in [3.05, 3.63) is 24.3 Å². The minimum atomic E-state index is 0.0470. The van der Waals surface area contributed by atoms with E-state index in [-0.39, 0.29) is 11.7 Å². The summed E-state index contributed by atoms with van der Waals surface area (Å²) in [5.74, 6) is 0.654. The van der Waals surface area contributed by atoms with Gasteiger partial charge >= 0.3 is 0 Å². The number of aromatic hydroxyl groups is 1. The van der Waals surface area contributed by atoms with Crippen LogP contribution in [0.5, 0.6) is 5.75 Å². The molecule has 80 valence electrons. The number of carbonyl (C=O) groups is 1. The van der Waals surface area contributed by atoms with Gasteiger partial charge in [-0.25, -0.2) is 0 Å². The summed E-state index contributed by atoms with van der Waals surface area (Å²) in [4.78, 5) is 12.1. The van der Waals surface area contributed by atoms with Crippen LogP contribution < -0.4 is 5.32 Å². The fraction of sp³-hybridized carbons (Fsp3) is 0.364. The molecule has 3 nitrogen and oxygen atoms in total. The molecule has 1 aliphatic carbocycles. The number of benzene rings is 1. The summed E-state index contributed by atoms with van der Waals surface area (Å²) in [5, 5.41) is 12.4. The predicted octanol–water partition coefficient (Wildman–Crippen LogP) is 1.76. The molecule has 0 radical (unpaired) electrons. The second-order valence-electron chi connectivity index (χ2n) is 3.60. The SMILES string of the molecule is O=C(CSc1ccccc1O)NC1CC1. The molecule has 15 heavy (non-hydrogen) atoms. The van der Waals surface area contributed by atoms with E-state index in [9.17, 15) is 9.90 Å². The Morgan fingerprint density at radius 2 is 2.20 bits per heavy atom. The van der Waals surface area contributed by atoms with Gasteiger partial charge in [-0.05, 0) is 25.0 Å². The lowest BCUT2D eigenvalue weighted by molar-refractivity contribution is -0.118. The van der Waals surface area contributed by atoms with Gasteiger partial charge in [0, 0.05) is 10.9 Å². The number of thioether (sulfide) groups is 1. The van der Waals surface area contributed by atoms with Crippen LogP contribution in [0.4, 0.5) is 0 Å². The van der Waals surface area contributed by atoms with Gasteiger partial charge in [-0.1, -0.05) is 12.1 Å². The van der Waals surface area contributed by atoms with Gasteiger partial charge in [0.2, 0.25) is 5.91 Å². The lowest BCUT2D eigenvalue weighted by Crippen LogP contribution is -2.26. The Balaban J connectivity index is 1.81. The number of nitrogens with one attached hydrogen (secondary N) is 1. The maximum Gasteiger partial charge on any atom is 0.230 e. The van der Waals surface area contributed by atoms with Crippen LogP contribution in [0.25, 0.3) is 0 Å². The Bertz CT molecular complexity index is 363. The third kappa shape index (κ3) is 3.16. The Kier molecular flexibility index (Phi) is 3.16. The van der Waals surface area contributed by atoms with Crippen LogP contribution in [0.1, 0.15) is 12.8 Å². The molecule has 0 bridgehead atoms. The van der Waals surface area contributed by atoms with Gasteiger partial charge in [0.1, 0.15) is 5.75 Å². The molecule has 2 rings (SSSR count). The number of phenolic OH excluding ortho intramolecular Hbond substituents is 1. The molecule has 1 amide bonds. The van der Waals surface area contributed by atoms with Crippen molar-refractivity contribution in [3.63, 3.8) is 0 Å². The van der Waals surface area contributed by atoms with Crippen molar-refractivity contribution in [2.75, 3.05) is 5.75 Å². The Morgan fingerprint density at radius 1 is 1.47 bits per heavy atom. The van der Waals surface area contributed by atoms with Crippen LogP contribution in [0, 0.1) is 0 Å². The van der Waals surface area contributed by atoms with Crippen LogP contribution in [-0.4, -0.2) is 22.8 Å². The third-order valence-corrected chi connectivity index (χ3v) is 3.23. The summed E-state index contributed by atoms with van der Waals surface area (Å²) >= 11 is 1.36. The first-order chi connectivity index (χ1) is 7.25. The highest BCUT2D eigenvalue weighted by Crippen LogP contribution is 2.27. The number of hydrogen-bond acceptors (Lipinski definition) is 3. The largest absolute Gasteiger partial charge is 0.507 e. The summed E-state index contributed by atoms with van der Waals surface area (Å²) < 4.78 is 0. The standard InChI is InChI=1S/C11H13NO2S/c13-9-3-1-2-4-10(9)15-7-11(14)12-8-5-6-8/h1-4,8,13H,5-7H2,(H,12,14). The lowest BCUT2D eigenvalue weighted by atomic mass is 10.3. The van der Waals surface area contributed by atoms with E-state index in [1.807, 2.05) is 12.1 Å². The average Bonchev–Trinajstić information content (AvgIpc) is 3.00. The number of para-hydroxylation sites is 1. The Hall–Kier alpha value is -1.16. The molecule has 2 N–H and O–H groups in total. The van der Waals surface area contributed by atoms with E-state index in [0.717, 1.165) is 17.7 Å². The smallest absolute Gasteiger partial charge is 0.230 e. The highest BCUT2D eigenvalue weighted by atomic mass is 32.2. The minimum Gasteiger partial charge on any atom is -0.507 e. The van der Waals surface area contributed by atoms with E-state index in [1.165, 1.54) is 11.8 Å². The van der Waals surface area contributed by atoms with Crippen molar-refractivity contribution in [3.8, 4) is 5.75 Å². The highest BCUT2D eigenvalue weighted by molar-refractivity contribution is 8.00. The first kappa shape index (κ1) is 10.4. The molecule has 4 heteroatoms. The molecular weight excluding hydrogens is 210 g/mol. The van der Waals surface area contributed by atoms with Gasteiger partial charge in [0.25, 0.3) is 0 Å². The summed E-state index contributed by atoms with van der Waals surface area (Å²) in [6.45, 7) is 0. The van der Waals surface area contributed by atoms with Crippen molar-refractivity contribution < 1.29 is 9.90 Å². The summed E-state index contributed by atoms with van der Waals surface area (Å²) in [6.07, 6.45) is 2.21. The third-order valence-electron chi connectivity index (χ3n) is 2.17. The molecule has 0 unspecified atom stereocenters. The Morgan fingerprint density at radius 3 is 2.87 bits per heavy atom. The van der Waals surface area contributed by atoms with E-state index in [4.69, 9.17) is 0 Å².